The first-order valence-electron chi connectivity index (χ1n) is 9.83. The maximum atomic E-state index is 13.1. The summed E-state index contributed by atoms with van der Waals surface area (Å²) in [6, 6.07) is 18.0. The van der Waals surface area contributed by atoms with Gasteiger partial charge >= 0.3 is 0 Å². The van der Waals surface area contributed by atoms with Gasteiger partial charge in [0, 0.05) is 18.7 Å². The predicted molar refractivity (Wildman–Crippen MR) is 120 cm³/mol. The van der Waals surface area contributed by atoms with Gasteiger partial charge in [-0.15, -0.1) is 0 Å². The average molecular weight is 405 g/mol. The summed E-state index contributed by atoms with van der Waals surface area (Å²) in [7, 11) is 0. The van der Waals surface area contributed by atoms with E-state index in [2.05, 4.69) is 35.5 Å². The summed E-state index contributed by atoms with van der Waals surface area (Å²) in [5.74, 6) is -0.216. The molecule has 4 aromatic rings. The number of nitrogens with zero attached hydrogens (tertiary/aromatic N) is 2. The zero-order valence-corrected chi connectivity index (χ0v) is 17.8. The van der Waals surface area contributed by atoms with E-state index in [9.17, 15) is 4.79 Å². The first-order chi connectivity index (χ1) is 14.1. The van der Waals surface area contributed by atoms with Crippen molar-refractivity contribution in [1.82, 2.24) is 4.57 Å². The fourth-order valence-electron chi connectivity index (χ4n) is 3.48. The minimum absolute atomic E-state index is 0.216. The molecular weight excluding hydrogens is 380 g/mol. The van der Waals surface area contributed by atoms with Gasteiger partial charge in [0.05, 0.1) is 16.8 Å². The number of rotatable bonds is 5. The van der Waals surface area contributed by atoms with Crippen LogP contribution in [-0.4, -0.2) is 23.7 Å². The van der Waals surface area contributed by atoms with Crippen LogP contribution in [0.15, 0.2) is 59.6 Å². The smallest absolute Gasteiger partial charge is 0.280 e. The highest BCUT2D eigenvalue weighted by Crippen LogP contribution is 2.23. The fourth-order valence-corrected chi connectivity index (χ4v) is 4.62. The Bertz CT molecular complexity index is 1260. The van der Waals surface area contributed by atoms with Gasteiger partial charge in [-0.1, -0.05) is 47.7 Å². The lowest BCUT2D eigenvalue weighted by atomic mass is 10.0. The van der Waals surface area contributed by atoms with Crippen molar-refractivity contribution in [2.24, 2.45) is 4.99 Å². The van der Waals surface area contributed by atoms with Gasteiger partial charge in [-0.3, -0.25) is 4.79 Å². The molecule has 1 amide bonds. The molecule has 0 aliphatic heterocycles. The monoisotopic (exact) mass is 404 g/mol. The van der Waals surface area contributed by atoms with Gasteiger partial charge in [-0.2, -0.15) is 4.99 Å². The minimum atomic E-state index is -0.216. The van der Waals surface area contributed by atoms with E-state index < -0.39 is 0 Å². The maximum absolute atomic E-state index is 13.1. The van der Waals surface area contributed by atoms with Gasteiger partial charge in [0.25, 0.3) is 5.91 Å². The topological polar surface area (TPSA) is 43.6 Å². The molecule has 0 spiro atoms. The second kappa shape index (κ2) is 8.31. The number of aryl methyl sites for hydroxylation is 2. The van der Waals surface area contributed by atoms with E-state index >= 15 is 0 Å². The second-order valence-corrected chi connectivity index (χ2v) is 8.09. The van der Waals surface area contributed by atoms with E-state index in [1.807, 2.05) is 49.4 Å². The molecule has 0 atom stereocenters. The molecular formula is C24H24N2O2S. The maximum Gasteiger partial charge on any atom is 0.280 e. The van der Waals surface area contributed by atoms with Gasteiger partial charge < -0.3 is 9.30 Å². The summed E-state index contributed by atoms with van der Waals surface area (Å²) in [5, 5.41) is 1.97. The molecule has 1 aromatic heterocycles. The van der Waals surface area contributed by atoms with Gasteiger partial charge in [0.15, 0.2) is 4.80 Å². The summed E-state index contributed by atoms with van der Waals surface area (Å²) in [6.07, 6.45) is 0. The van der Waals surface area contributed by atoms with E-state index in [-0.39, 0.29) is 5.91 Å². The number of hydrogen-bond donors (Lipinski definition) is 0. The summed E-state index contributed by atoms with van der Waals surface area (Å²) < 4.78 is 8.80. The summed E-state index contributed by atoms with van der Waals surface area (Å²) in [4.78, 5) is 18.4. The molecule has 4 rings (SSSR count). The summed E-state index contributed by atoms with van der Waals surface area (Å²) in [6.45, 7) is 8.12. The van der Waals surface area contributed by atoms with Gasteiger partial charge in [-0.05, 0) is 60.9 Å². The molecule has 1 heterocycles. The molecule has 0 aliphatic rings. The van der Waals surface area contributed by atoms with Crippen LogP contribution in [0, 0.1) is 13.8 Å². The Morgan fingerprint density at radius 3 is 2.66 bits per heavy atom. The lowest BCUT2D eigenvalue weighted by Gasteiger charge is -2.07. The Balaban J connectivity index is 1.86. The van der Waals surface area contributed by atoms with Crippen molar-refractivity contribution in [3.8, 4) is 0 Å². The van der Waals surface area contributed by atoms with E-state index in [4.69, 9.17) is 4.74 Å². The van der Waals surface area contributed by atoms with Crippen LogP contribution in [0.3, 0.4) is 0 Å². The Morgan fingerprint density at radius 1 is 1.07 bits per heavy atom. The van der Waals surface area contributed by atoms with Crippen LogP contribution >= 0.6 is 11.3 Å². The number of carbonyl (C=O) groups is 1. The van der Waals surface area contributed by atoms with Gasteiger partial charge in [0.1, 0.15) is 0 Å². The summed E-state index contributed by atoms with van der Waals surface area (Å²) >= 11 is 1.55. The van der Waals surface area contributed by atoms with Crippen LogP contribution in [0.2, 0.25) is 0 Å². The molecule has 148 valence electrons. The van der Waals surface area contributed by atoms with Crippen LogP contribution in [0.25, 0.3) is 21.0 Å². The number of thiazole rings is 1. The number of amides is 1. The SMILES string of the molecule is CCOCCn1c(=NC(=O)c2cccc3ccccc23)sc2cc(C)c(C)cc21. The minimum Gasteiger partial charge on any atom is -0.380 e. The number of hydrogen-bond acceptors (Lipinski definition) is 3. The molecule has 0 N–H and O–H groups in total. The third-order valence-corrected chi connectivity index (χ3v) is 6.22. The molecule has 0 saturated carbocycles. The van der Waals surface area contributed by atoms with E-state index in [1.54, 1.807) is 11.3 Å². The van der Waals surface area contributed by atoms with Crippen molar-refractivity contribution in [2.45, 2.75) is 27.3 Å². The third-order valence-electron chi connectivity index (χ3n) is 5.18. The predicted octanol–water partition coefficient (Wildman–Crippen LogP) is 5.25. The highest BCUT2D eigenvalue weighted by Gasteiger charge is 2.12. The molecule has 5 heteroatoms. The molecule has 0 radical (unpaired) electrons. The largest absolute Gasteiger partial charge is 0.380 e. The first kappa shape index (κ1) is 19.6. The molecule has 0 saturated heterocycles. The number of aromatic nitrogens is 1. The Morgan fingerprint density at radius 2 is 1.83 bits per heavy atom. The Hall–Kier alpha value is -2.76. The van der Waals surface area contributed by atoms with Gasteiger partial charge in [0.2, 0.25) is 0 Å². The number of fused-ring (bicyclic) bond motifs is 2. The molecule has 0 bridgehead atoms. The van der Waals surface area contributed by atoms with Crippen LogP contribution in [0.1, 0.15) is 28.4 Å². The van der Waals surface area contributed by atoms with Crippen LogP contribution in [-0.2, 0) is 11.3 Å². The third kappa shape index (κ3) is 3.88. The molecule has 0 fully saturated rings. The quantitative estimate of drug-likeness (QED) is 0.426. The van der Waals surface area contributed by atoms with Crippen molar-refractivity contribution in [2.75, 3.05) is 13.2 Å². The van der Waals surface area contributed by atoms with Crippen molar-refractivity contribution in [3.05, 3.63) is 76.1 Å². The average Bonchev–Trinajstić information content (AvgIpc) is 3.04. The van der Waals surface area contributed by atoms with E-state index in [1.165, 1.54) is 11.1 Å². The second-order valence-electron chi connectivity index (χ2n) is 7.08. The Kier molecular flexibility index (Phi) is 5.60. The molecule has 0 unspecified atom stereocenters. The zero-order chi connectivity index (χ0) is 20.4. The van der Waals surface area contributed by atoms with Crippen molar-refractivity contribution in [1.29, 1.82) is 0 Å². The van der Waals surface area contributed by atoms with Gasteiger partial charge in [-0.25, -0.2) is 0 Å². The standard InChI is InChI=1S/C24H24N2O2S/c1-4-28-13-12-26-21-14-16(2)17(3)15-22(21)29-24(26)25-23(27)20-11-7-9-18-8-5-6-10-19(18)20/h5-11,14-15H,4,12-13H2,1-3H3. The van der Waals surface area contributed by atoms with E-state index in [0.29, 0.717) is 30.1 Å². The van der Waals surface area contributed by atoms with Crippen LogP contribution in [0.5, 0.6) is 0 Å². The lowest BCUT2D eigenvalue weighted by Crippen LogP contribution is -2.20. The van der Waals surface area contributed by atoms with Crippen molar-refractivity contribution in [3.63, 3.8) is 0 Å². The molecule has 29 heavy (non-hydrogen) atoms. The molecule has 3 aromatic carbocycles. The normalized spacial score (nSPS) is 12.2. The van der Waals surface area contributed by atoms with Crippen LogP contribution < -0.4 is 4.80 Å². The van der Waals surface area contributed by atoms with E-state index in [0.717, 1.165) is 21.0 Å². The summed E-state index contributed by atoms with van der Waals surface area (Å²) in [5.41, 5.74) is 4.20. The molecule has 4 nitrogen and oxygen atoms in total. The number of ether oxygens (including phenoxy) is 1. The Labute approximate surface area is 174 Å². The number of carbonyl (C=O) groups excluding carboxylic acids is 1. The fraction of sp³-hybridized carbons (Fsp3) is 0.250. The van der Waals surface area contributed by atoms with Crippen molar-refractivity contribution < 1.29 is 9.53 Å². The number of benzene rings is 3. The van der Waals surface area contributed by atoms with Crippen molar-refractivity contribution >= 4 is 38.2 Å². The molecule has 0 aliphatic carbocycles. The zero-order valence-electron chi connectivity index (χ0n) is 16.9. The highest BCUT2D eigenvalue weighted by molar-refractivity contribution is 7.16. The highest BCUT2D eigenvalue weighted by atomic mass is 32.1. The first-order valence-corrected chi connectivity index (χ1v) is 10.7. The van der Waals surface area contributed by atoms with Crippen LogP contribution in [0.4, 0.5) is 0 Å². The lowest BCUT2D eigenvalue weighted by molar-refractivity contribution is 0.0998.